The molecule has 41 heavy (non-hydrogen) atoms. The zero-order valence-electron chi connectivity index (χ0n) is 21.6. The Hall–Kier alpha value is -4.10. The molecule has 3 unspecified atom stereocenters. The van der Waals surface area contributed by atoms with Crippen LogP contribution < -0.4 is 20.1 Å². The first kappa shape index (κ1) is 28.4. The molecule has 0 radical (unpaired) electrons. The van der Waals surface area contributed by atoms with Crippen molar-refractivity contribution in [3.63, 3.8) is 0 Å². The predicted octanol–water partition coefficient (Wildman–Crippen LogP) is 5.38. The highest BCUT2D eigenvalue weighted by Crippen LogP contribution is 2.35. The van der Waals surface area contributed by atoms with E-state index < -0.39 is 46.5 Å². The molecule has 0 saturated carbocycles. The van der Waals surface area contributed by atoms with Gasteiger partial charge in [0, 0.05) is 43.5 Å². The summed E-state index contributed by atoms with van der Waals surface area (Å²) in [6.45, 7) is 0.793. The number of pyridine rings is 1. The largest absolute Gasteiger partial charge is 0.435 e. The molecule has 0 spiro atoms. The number of nitrogens with zero attached hydrogens (tertiary/aromatic N) is 3. The standard InChI is InChI=1S/C28H26F4N6O2S/c29-13-18-11-19(15-33-14-18)36-28-35-10-8-22(37-28)20-7-4-9-34-27(20)40-23-12-21(30)26(25(32)24(23)31)38-41(39)16-17-5-2-1-3-6-17/h1-10,12,18-19,33,38H,11,13-16H2,(H,35,36,37). The summed E-state index contributed by atoms with van der Waals surface area (Å²) in [6.07, 6.45) is 3.48. The molecule has 4 aromatic rings. The van der Waals surface area contributed by atoms with Crippen molar-refractivity contribution in [3.05, 3.63) is 90.0 Å². The van der Waals surface area contributed by atoms with Gasteiger partial charge >= 0.3 is 0 Å². The average molecular weight is 587 g/mol. The summed E-state index contributed by atoms with van der Waals surface area (Å²) in [6, 6.07) is 14.0. The zero-order chi connectivity index (χ0) is 28.8. The van der Waals surface area contributed by atoms with Crippen LogP contribution in [0.3, 0.4) is 0 Å². The molecule has 214 valence electrons. The Balaban J connectivity index is 1.35. The average Bonchev–Trinajstić information content (AvgIpc) is 2.99. The molecule has 13 heteroatoms. The van der Waals surface area contributed by atoms with Crippen LogP contribution in [0.25, 0.3) is 11.3 Å². The molecule has 1 aliphatic heterocycles. The summed E-state index contributed by atoms with van der Waals surface area (Å²) < 4.78 is 78.1. The molecule has 3 atom stereocenters. The van der Waals surface area contributed by atoms with E-state index >= 15 is 4.39 Å². The first-order valence-electron chi connectivity index (χ1n) is 12.8. The minimum atomic E-state index is -1.92. The SMILES string of the molecule is O=S(Cc1ccccc1)Nc1c(F)cc(Oc2ncccc2-c2ccnc(NC3CNCC(CF)C3)n2)c(F)c1F. The number of piperidine rings is 1. The Morgan fingerprint density at radius 3 is 2.63 bits per heavy atom. The number of anilines is 2. The molecule has 1 fully saturated rings. The molecule has 0 bridgehead atoms. The summed E-state index contributed by atoms with van der Waals surface area (Å²) in [5.74, 6) is -5.04. The number of nitrogens with one attached hydrogen (secondary N) is 3. The van der Waals surface area contributed by atoms with E-state index in [0.29, 0.717) is 42.4 Å². The predicted molar refractivity (Wildman–Crippen MR) is 148 cm³/mol. The van der Waals surface area contributed by atoms with Crippen LogP contribution in [0.2, 0.25) is 0 Å². The molecule has 3 heterocycles. The maximum absolute atomic E-state index is 15.0. The fourth-order valence-electron chi connectivity index (χ4n) is 4.41. The van der Waals surface area contributed by atoms with Crippen molar-refractivity contribution in [3.8, 4) is 22.9 Å². The minimum absolute atomic E-state index is 0.0413. The van der Waals surface area contributed by atoms with Gasteiger partial charge in [-0.05, 0) is 30.2 Å². The van der Waals surface area contributed by atoms with E-state index in [-0.39, 0.29) is 29.5 Å². The summed E-state index contributed by atoms with van der Waals surface area (Å²) in [5.41, 5.74) is 0.467. The smallest absolute Gasteiger partial charge is 0.228 e. The Morgan fingerprint density at radius 1 is 1.00 bits per heavy atom. The van der Waals surface area contributed by atoms with Gasteiger partial charge in [-0.1, -0.05) is 30.3 Å². The molecular formula is C28H26F4N6O2S. The number of alkyl halides is 1. The van der Waals surface area contributed by atoms with E-state index in [1.807, 2.05) is 0 Å². The van der Waals surface area contributed by atoms with Gasteiger partial charge in [-0.2, -0.15) is 4.39 Å². The fraction of sp³-hybridized carbons (Fsp3) is 0.250. The van der Waals surface area contributed by atoms with Crippen molar-refractivity contribution in [2.75, 3.05) is 29.8 Å². The molecule has 0 amide bonds. The van der Waals surface area contributed by atoms with E-state index in [4.69, 9.17) is 4.74 Å². The van der Waals surface area contributed by atoms with Gasteiger partial charge in [-0.25, -0.2) is 27.9 Å². The number of hydrogen-bond acceptors (Lipinski definition) is 7. The van der Waals surface area contributed by atoms with Crippen LogP contribution in [0.15, 0.2) is 67.0 Å². The van der Waals surface area contributed by atoms with Gasteiger partial charge in [0.05, 0.1) is 23.7 Å². The van der Waals surface area contributed by atoms with Gasteiger partial charge < -0.3 is 15.4 Å². The summed E-state index contributed by atoms with van der Waals surface area (Å²) in [7, 11) is -1.92. The number of aromatic nitrogens is 3. The molecule has 1 saturated heterocycles. The van der Waals surface area contributed by atoms with Crippen LogP contribution >= 0.6 is 0 Å². The van der Waals surface area contributed by atoms with Crippen molar-refractivity contribution in [2.24, 2.45) is 5.92 Å². The Bertz CT molecular complexity index is 1530. The number of rotatable bonds is 10. The number of halogens is 4. The maximum atomic E-state index is 15.0. The first-order chi connectivity index (χ1) is 19.9. The summed E-state index contributed by atoms with van der Waals surface area (Å²) >= 11 is 0. The van der Waals surface area contributed by atoms with Crippen molar-refractivity contribution < 1.29 is 26.5 Å². The number of ether oxygens (including phenoxy) is 1. The highest BCUT2D eigenvalue weighted by Gasteiger charge is 2.24. The van der Waals surface area contributed by atoms with Crippen molar-refractivity contribution in [1.29, 1.82) is 0 Å². The van der Waals surface area contributed by atoms with E-state index in [0.717, 1.165) is 0 Å². The lowest BCUT2D eigenvalue weighted by Gasteiger charge is -2.29. The highest BCUT2D eigenvalue weighted by molar-refractivity contribution is 7.85. The second-order valence-corrected chi connectivity index (χ2v) is 10.6. The molecular weight excluding hydrogens is 560 g/mol. The fourth-order valence-corrected chi connectivity index (χ4v) is 5.39. The second kappa shape index (κ2) is 13.0. The Kier molecular flexibility index (Phi) is 9.04. The summed E-state index contributed by atoms with van der Waals surface area (Å²) in [5, 5.41) is 6.35. The molecule has 3 N–H and O–H groups in total. The first-order valence-corrected chi connectivity index (χ1v) is 14.1. The molecule has 1 aliphatic rings. The van der Waals surface area contributed by atoms with Crippen LogP contribution in [-0.4, -0.2) is 45.0 Å². The third kappa shape index (κ3) is 6.98. The van der Waals surface area contributed by atoms with Crippen LogP contribution in [0.5, 0.6) is 11.6 Å². The normalized spacial score (nSPS) is 17.6. The van der Waals surface area contributed by atoms with Crippen LogP contribution in [0.4, 0.5) is 29.2 Å². The number of hydrogen-bond donors (Lipinski definition) is 3. The van der Waals surface area contributed by atoms with Gasteiger partial charge in [0.1, 0.15) is 16.7 Å². The third-order valence-electron chi connectivity index (χ3n) is 6.38. The molecule has 2 aromatic carbocycles. The molecule has 2 aromatic heterocycles. The van der Waals surface area contributed by atoms with E-state index in [1.165, 1.54) is 12.4 Å². The summed E-state index contributed by atoms with van der Waals surface area (Å²) in [4.78, 5) is 12.8. The molecule has 8 nitrogen and oxygen atoms in total. The topological polar surface area (TPSA) is 101 Å². The second-order valence-electron chi connectivity index (χ2n) is 9.42. The Morgan fingerprint density at radius 2 is 1.83 bits per heavy atom. The number of benzene rings is 2. The maximum Gasteiger partial charge on any atom is 0.228 e. The molecule has 0 aliphatic carbocycles. The van der Waals surface area contributed by atoms with Crippen LogP contribution in [-0.2, 0) is 16.7 Å². The van der Waals surface area contributed by atoms with E-state index in [1.54, 1.807) is 48.5 Å². The zero-order valence-corrected chi connectivity index (χ0v) is 22.4. The van der Waals surface area contributed by atoms with Crippen molar-refractivity contribution in [2.45, 2.75) is 18.2 Å². The van der Waals surface area contributed by atoms with E-state index in [9.17, 15) is 17.4 Å². The van der Waals surface area contributed by atoms with Crippen LogP contribution in [0.1, 0.15) is 12.0 Å². The van der Waals surface area contributed by atoms with E-state index in [2.05, 4.69) is 30.3 Å². The van der Waals surface area contributed by atoms with Crippen LogP contribution in [0, 0.1) is 23.4 Å². The van der Waals surface area contributed by atoms with Gasteiger partial charge in [-0.3, -0.25) is 9.11 Å². The quantitative estimate of drug-likeness (QED) is 0.169. The minimum Gasteiger partial charge on any atom is -0.435 e. The monoisotopic (exact) mass is 586 g/mol. The lowest BCUT2D eigenvalue weighted by molar-refractivity contribution is 0.282. The lowest BCUT2D eigenvalue weighted by atomic mass is 9.97. The lowest BCUT2D eigenvalue weighted by Crippen LogP contribution is -2.44. The van der Waals surface area contributed by atoms with Crippen molar-refractivity contribution in [1.82, 2.24) is 20.3 Å². The van der Waals surface area contributed by atoms with Crippen molar-refractivity contribution >= 4 is 22.6 Å². The van der Waals surface area contributed by atoms with Gasteiger partial charge in [0.2, 0.25) is 17.6 Å². The Labute approximate surface area is 236 Å². The third-order valence-corrected chi connectivity index (χ3v) is 7.41. The molecule has 5 rings (SSSR count). The highest BCUT2D eigenvalue weighted by atomic mass is 32.2. The van der Waals surface area contributed by atoms with Gasteiger partial charge in [0.25, 0.3) is 0 Å². The van der Waals surface area contributed by atoms with Gasteiger partial charge in [0.15, 0.2) is 17.4 Å². The van der Waals surface area contributed by atoms with Gasteiger partial charge in [-0.15, -0.1) is 0 Å².